The molecule has 31 heavy (non-hydrogen) atoms. The van der Waals surface area contributed by atoms with Crippen molar-refractivity contribution in [3.8, 4) is 11.5 Å². The first-order chi connectivity index (χ1) is 14.9. The molecular formula is C21H28N4O5S. The summed E-state index contributed by atoms with van der Waals surface area (Å²) >= 11 is 0. The number of urea groups is 1. The maximum absolute atomic E-state index is 12.7. The van der Waals surface area contributed by atoms with Crippen molar-refractivity contribution in [2.75, 3.05) is 62.9 Å². The van der Waals surface area contributed by atoms with Crippen LogP contribution in [-0.4, -0.2) is 71.5 Å². The standard InChI is InChI=1S/C21H28N4O5S/c1-29-18-9-7-17(8-10-18)24-12-14-25(15-13-24)31(27,28)16-11-22-21(26)23-19-5-3-4-6-20(19)30-2/h3-10H,11-16H2,1-2H3,(H2,22,23,26). The van der Waals surface area contributed by atoms with Gasteiger partial charge in [-0.3, -0.25) is 0 Å². The third-order valence-corrected chi connectivity index (χ3v) is 6.94. The van der Waals surface area contributed by atoms with E-state index in [1.807, 2.05) is 24.3 Å². The first kappa shape index (κ1) is 22.7. The zero-order valence-electron chi connectivity index (χ0n) is 17.7. The van der Waals surface area contributed by atoms with Crippen LogP contribution in [-0.2, 0) is 10.0 Å². The second-order valence-electron chi connectivity index (χ2n) is 6.98. The summed E-state index contributed by atoms with van der Waals surface area (Å²) in [5.41, 5.74) is 1.55. The summed E-state index contributed by atoms with van der Waals surface area (Å²) in [7, 11) is -0.328. The van der Waals surface area contributed by atoms with Crippen molar-refractivity contribution < 1.29 is 22.7 Å². The van der Waals surface area contributed by atoms with Crippen LogP contribution in [0.2, 0.25) is 0 Å². The monoisotopic (exact) mass is 448 g/mol. The molecular weight excluding hydrogens is 420 g/mol. The summed E-state index contributed by atoms with van der Waals surface area (Å²) in [6, 6.07) is 14.2. The van der Waals surface area contributed by atoms with E-state index in [0.717, 1.165) is 11.4 Å². The van der Waals surface area contributed by atoms with Gasteiger partial charge in [-0.25, -0.2) is 13.2 Å². The Hall–Kier alpha value is -2.98. The van der Waals surface area contributed by atoms with Crippen LogP contribution in [0.15, 0.2) is 48.5 Å². The number of piperazine rings is 1. The molecule has 168 valence electrons. The number of sulfonamides is 1. The molecule has 0 unspecified atom stereocenters. The van der Waals surface area contributed by atoms with E-state index in [9.17, 15) is 13.2 Å². The molecule has 0 bridgehead atoms. The van der Waals surface area contributed by atoms with E-state index in [0.29, 0.717) is 37.6 Å². The van der Waals surface area contributed by atoms with Gasteiger partial charge in [0.2, 0.25) is 10.0 Å². The minimum Gasteiger partial charge on any atom is -0.497 e. The normalized spacial score (nSPS) is 14.7. The molecule has 0 aliphatic carbocycles. The number of ether oxygens (including phenoxy) is 2. The van der Waals surface area contributed by atoms with Gasteiger partial charge in [0.05, 0.1) is 25.7 Å². The average molecular weight is 449 g/mol. The highest BCUT2D eigenvalue weighted by atomic mass is 32.2. The Bertz CT molecular complexity index is 974. The molecule has 0 atom stereocenters. The van der Waals surface area contributed by atoms with Gasteiger partial charge in [-0.1, -0.05) is 12.1 Å². The number of rotatable bonds is 8. The maximum Gasteiger partial charge on any atom is 0.319 e. The van der Waals surface area contributed by atoms with E-state index in [1.54, 1.807) is 31.4 Å². The lowest BCUT2D eigenvalue weighted by Crippen LogP contribution is -2.50. The number of nitrogens with one attached hydrogen (secondary N) is 2. The molecule has 0 radical (unpaired) electrons. The molecule has 2 aromatic carbocycles. The quantitative estimate of drug-likeness (QED) is 0.641. The van der Waals surface area contributed by atoms with Crippen LogP contribution in [0.1, 0.15) is 0 Å². The molecule has 1 heterocycles. The van der Waals surface area contributed by atoms with Crippen molar-refractivity contribution >= 4 is 27.4 Å². The Balaban J connectivity index is 1.45. The van der Waals surface area contributed by atoms with Crippen molar-refractivity contribution in [3.05, 3.63) is 48.5 Å². The molecule has 2 amide bonds. The fraction of sp³-hybridized carbons (Fsp3) is 0.381. The number of anilines is 2. The molecule has 1 aliphatic rings. The molecule has 9 nitrogen and oxygen atoms in total. The highest BCUT2D eigenvalue weighted by Gasteiger charge is 2.27. The van der Waals surface area contributed by atoms with Gasteiger partial charge >= 0.3 is 6.03 Å². The lowest BCUT2D eigenvalue weighted by atomic mass is 10.2. The predicted octanol–water partition coefficient (Wildman–Crippen LogP) is 1.98. The number of hydrogen-bond acceptors (Lipinski definition) is 6. The van der Waals surface area contributed by atoms with Gasteiger partial charge in [-0.2, -0.15) is 4.31 Å². The number of nitrogens with zero attached hydrogens (tertiary/aromatic N) is 2. The number of amides is 2. The SMILES string of the molecule is COc1ccc(N2CCN(S(=O)(=O)CCNC(=O)Nc3ccccc3OC)CC2)cc1. The van der Waals surface area contributed by atoms with E-state index in [4.69, 9.17) is 9.47 Å². The first-order valence-corrected chi connectivity index (χ1v) is 11.6. The van der Waals surface area contributed by atoms with Crippen molar-refractivity contribution in [2.24, 2.45) is 0 Å². The first-order valence-electron chi connectivity index (χ1n) is 9.97. The van der Waals surface area contributed by atoms with Crippen molar-refractivity contribution in [1.82, 2.24) is 9.62 Å². The zero-order valence-corrected chi connectivity index (χ0v) is 18.5. The van der Waals surface area contributed by atoms with Crippen LogP contribution in [0.3, 0.4) is 0 Å². The van der Waals surface area contributed by atoms with E-state index in [2.05, 4.69) is 15.5 Å². The second-order valence-corrected chi connectivity index (χ2v) is 9.07. The minimum atomic E-state index is -3.46. The predicted molar refractivity (Wildman–Crippen MR) is 121 cm³/mol. The molecule has 0 aromatic heterocycles. The van der Waals surface area contributed by atoms with Gasteiger partial charge in [-0.05, 0) is 36.4 Å². The fourth-order valence-corrected chi connectivity index (χ4v) is 4.69. The molecule has 10 heteroatoms. The smallest absolute Gasteiger partial charge is 0.319 e. The Labute approximate surface area is 183 Å². The van der Waals surface area contributed by atoms with Crippen molar-refractivity contribution in [2.45, 2.75) is 0 Å². The fourth-order valence-electron chi connectivity index (χ4n) is 3.35. The average Bonchev–Trinajstić information content (AvgIpc) is 2.79. The molecule has 3 rings (SSSR count). The summed E-state index contributed by atoms with van der Waals surface area (Å²) in [4.78, 5) is 14.2. The number of para-hydroxylation sites is 2. The number of carbonyl (C=O) groups is 1. The van der Waals surface area contributed by atoms with E-state index < -0.39 is 16.1 Å². The molecule has 2 N–H and O–H groups in total. The van der Waals surface area contributed by atoms with Crippen LogP contribution in [0.5, 0.6) is 11.5 Å². The van der Waals surface area contributed by atoms with Crippen molar-refractivity contribution in [3.63, 3.8) is 0 Å². The lowest BCUT2D eigenvalue weighted by Gasteiger charge is -2.35. The Morgan fingerprint density at radius 3 is 2.29 bits per heavy atom. The highest BCUT2D eigenvalue weighted by Crippen LogP contribution is 2.23. The second kappa shape index (κ2) is 10.4. The van der Waals surface area contributed by atoms with Crippen molar-refractivity contribution in [1.29, 1.82) is 0 Å². The van der Waals surface area contributed by atoms with Crippen LogP contribution in [0, 0.1) is 0 Å². The van der Waals surface area contributed by atoms with Crippen LogP contribution < -0.4 is 25.0 Å². The lowest BCUT2D eigenvalue weighted by molar-refractivity contribution is 0.252. The van der Waals surface area contributed by atoms with Gasteiger partial charge in [0.1, 0.15) is 11.5 Å². The van der Waals surface area contributed by atoms with E-state index in [-0.39, 0.29) is 12.3 Å². The largest absolute Gasteiger partial charge is 0.497 e. The number of benzene rings is 2. The third-order valence-electron chi connectivity index (χ3n) is 5.07. The van der Waals surface area contributed by atoms with E-state index >= 15 is 0 Å². The van der Waals surface area contributed by atoms with Gasteiger partial charge in [0.15, 0.2) is 0 Å². The summed E-state index contributed by atoms with van der Waals surface area (Å²) in [6.07, 6.45) is 0. The Morgan fingerprint density at radius 1 is 0.968 bits per heavy atom. The van der Waals surface area contributed by atoms with Gasteiger partial charge < -0.3 is 25.0 Å². The van der Waals surface area contributed by atoms with Crippen LogP contribution >= 0.6 is 0 Å². The Morgan fingerprint density at radius 2 is 1.65 bits per heavy atom. The summed E-state index contributed by atoms with van der Waals surface area (Å²) in [5, 5.41) is 5.25. The summed E-state index contributed by atoms with van der Waals surface area (Å²) in [5.74, 6) is 1.15. The van der Waals surface area contributed by atoms with Gasteiger partial charge in [0.25, 0.3) is 0 Å². The van der Waals surface area contributed by atoms with E-state index in [1.165, 1.54) is 11.4 Å². The molecule has 2 aromatic rings. The Kier molecular flexibility index (Phi) is 7.59. The third kappa shape index (κ3) is 6.02. The van der Waals surface area contributed by atoms with Crippen LogP contribution in [0.4, 0.5) is 16.2 Å². The number of methoxy groups -OCH3 is 2. The summed E-state index contributed by atoms with van der Waals surface area (Å²) in [6.45, 7) is 2.03. The van der Waals surface area contributed by atoms with Gasteiger partial charge in [-0.15, -0.1) is 0 Å². The highest BCUT2D eigenvalue weighted by molar-refractivity contribution is 7.89. The van der Waals surface area contributed by atoms with Crippen LogP contribution in [0.25, 0.3) is 0 Å². The molecule has 1 saturated heterocycles. The number of carbonyl (C=O) groups excluding carboxylic acids is 1. The number of hydrogen-bond donors (Lipinski definition) is 2. The zero-order chi connectivity index (χ0) is 22.3. The maximum atomic E-state index is 12.7. The molecule has 0 saturated carbocycles. The van der Waals surface area contributed by atoms with Gasteiger partial charge in [0, 0.05) is 38.4 Å². The molecule has 1 aliphatic heterocycles. The molecule has 0 spiro atoms. The minimum absolute atomic E-state index is 0.0159. The summed E-state index contributed by atoms with van der Waals surface area (Å²) < 4.78 is 37.1. The topological polar surface area (TPSA) is 100 Å². The molecule has 1 fully saturated rings.